The van der Waals surface area contributed by atoms with Crippen LogP contribution in [0.3, 0.4) is 0 Å². The molecule has 0 atom stereocenters. The molecule has 1 aromatic rings. The maximum absolute atomic E-state index is 12.1. The van der Waals surface area contributed by atoms with Gasteiger partial charge < -0.3 is 4.74 Å². The summed E-state index contributed by atoms with van der Waals surface area (Å²) in [5, 5.41) is 0. The van der Waals surface area contributed by atoms with Crippen LogP contribution in [0.15, 0.2) is 24.3 Å². The quantitative estimate of drug-likeness (QED) is 0.284. The van der Waals surface area contributed by atoms with Crippen molar-refractivity contribution >= 4 is 13.2 Å². The molecule has 3 heteroatoms. The molecule has 0 N–H and O–H groups in total. The van der Waals surface area contributed by atoms with Crippen molar-refractivity contribution in [1.82, 2.24) is 0 Å². The zero-order valence-electron chi connectivity index (χ0n) is 16.9. The number of carbonyl (C=O) groups is 1. The van der Waals surface area contributed by atoms with Crippen molar-refractivity contribution in [3.05, 3.63) is 35.4 Å². The van der Waals surface area contributed by atoms with Crippen LogP contribution in [0.5, 0.6) is 0 Å². The molecule has 2 nitrogen and oxygen atoms in total. The third kappa shape index (κ3) is 7.90. The molecule has 0 aromatic heterocycles. The van der Waals surface area contributed by atoms with Crippen LogP contribution in [0, 0.1) is 0 Å². The standard InChI is InChI=1S/C22H38O2P/c1-5-9-15-25(16-10-6-2,17-11-7-3)19-20-13-12-14-21(18-20)22(23)24-8-4/h12-14,18H,5-11,15-17,19H2,1-4H3/q+1. The summed E-state index contributed by atoms with van der Waals surface area (Å²) in [4.78, 5) is 12.1. The van der Waals surface area contributed by atoms with Crippen molar-refractivity contribution in [2.45, 2.75) is 72.4 Å². The predicted molar refractivity (Wildman–Crippen MR) is 112 cm³/mol. The van der Waals surface area contributed by atoms with Crippen molar-refractivity contribution in [2.24, 2.45) is 0 Å². The van der Waals surface area contributed by atoms with E-state index in [0.29, 0.717) is 12.2 Å². The fraction of sp³-hybridized carbons (Fsp3) is 0.682. The molecule has 0 spiro atoms. The second kappa shape index (κ2) is 12.5. The summed E-state index contributed by atoms with van der Waals surface area (Å²) in [6.45, 7) is 9.20. The first-order valence-corrected chi connectivity index (χ1v) is 12.7. The number of esters is 1. The fourth-order valence-corrected chi connectivity index (χ4v) is 8.53. The molecule has 0 aliphatic carbocycles. The van der Waals surface area contributed by atoms with Crippen LogP contribution in [-0.2, 0) is 10.9 Å². The van der Waals surface area contributed by atoms with Crippen molar-refractivity contribution < 1.29 is 9.53 Å². The number of carbonyl (C=O) groups excluding carboxylic acids is 1. The predicted octanol–water partition coefficient (Wildman–Crippen LogP) is 6.78. The highest BCUT2D eigenvalue weighted by molar-refractivity contribution is 7.75. The Morgan fingerprint density at radius 3 is 1.96 bits per heavy atom. The van der Waals surface area contributed by atoms with Crippen molar-refractivity contribution in [3.63, 3.8) is 0 Å². The van der Waals surface area contributed by atoms with E-state index >= 15 is 0 Å². The summed E-state index contributed by atoms with van der Waals surface area (Å²) in [6.07, 6.45) is 13.3. The summed E-state index contributed by atoms with van der Waals surface area (Å²) in [6, 6.07) is 8.19. The smallest absolute Gasteiger partial charge is 0.338 e. The van der Waals surface area contributed by atoms with E-state index in [0.717, 1.165) is 0 Å². The van der Waals surface area contributed by atoms with Crippen LogP contribution in [0.1, 0.15) is 82.1 Å². The largest absolute Gasteiger partial charge is 0.462 e. The topological polar surface area (TPSA) is 26.3 Å². The van der Waals surface area contributed by atoms with E-state index in [1.165, 1.54) is 68.7 Å². The van der Waals surface area contributed by atoms with Gasteiger partial charge in [0.2, 0.25) is 0 Å². The molecular formula is C22H38O2P+. The lowest BCUT2D eigenvalue weighted by Crippen LogP contribution is -2.12. The van der Waals surface area contributed by atoms with Gasteiger partial charge in [0.05, 0.1) is 36.8 Å². The summed E-state index contributed by atoms with van der Waals surface area (Å²) in [5.74, 6) is -0.191. The van der Waals surface area contributed by atoms with E-state index in [2.05, 4.69) is 32.9 Å². The number of benzene rings is 1. The molecule has 0 bridgehead atoms. The molecular weight excluding hydrogens is 327 g/mol. The molecule has 0 aliphatic heterocycles. The van der Waals surface area contributed by atoms with Crippen LogP contribution in [0.2, 0.25) is 0 Å². The van der Waals surface area contributed by atoms with Gasteiger partial charge in [0.25, 0.3) is 0 Å². The summed E-state index contributed by atoms with van der Waals surface area (Å²) < 4.78 is 5.18. The average Bonchev–Trinajstić information content (AvgIpc) is 2.63. The molecule has 0 unspecified atom stereocenters. The second-order valence-corrected chi connectivity index (χ2v) is 11.5. The third-order valence-corrected chi connectivity index (χ3v) is 9.74. The van der Waals surface area contributed by atoms with Gasteiger partial charge in [-0.3, -0.25) is 0 Å². The monoisotopic (exact) mass is 365 g/mol. The number of hydrogen-bond acceptors (Lipinski definition) is 2. The minimum atomic E-state index is -0.985. The van der Waals surface area contributed by atoms with Gasteiger partial charge in [-0.25, -0.2) is 4.79 Å². The van der Waals surface area contributed by atoms with E-state index in [4.69, 9.17) is 4.74 Å². The lowest BCUT2D eigenvalue weighted by atomic mass is 10.1. The van der Waals surface area contributed by atoms with Crippen LogP contribution >= 0.6 is 7.26 Å². The molecule has 0 fully saturated rings. The molecule has 1 aromatic carbocycles. The Hall–Kier alpha value is -0.880. The summed E-state index contributed by atoms with van der Waals surface area (Å²) >= 11 is 0. The number of unbranched alkanes of at least 4 members (excludes halogenated alkanes) is 3. The van der Waals surface area contributed by atoms with Crippen LogP contribution in [0.25, 0.3) is 0 Å². The van der Waals surface area contributed by atoms with Gasteiger partial charge in [0, 0.05) is 7.26 Å². The molecule has 0 saturated carbocycles. The maximum Gasteiger partial charge on any atom is 0.338 e. The van der Waals surface area contributed by atoms with E-state index in [1.54, 1.807) is 0 Å². The summed E-state index contributed by atoms with van der Waals surface area (Å²) in [7, 11) is -0.985. The minimum absolute atomic E-state index is 0.191. The molecule has 142 valence electrons. The van der Waals surface area contributed by atoms with E-state index in [1.807, 2.05) is 19.1 Å². The minimum Gasteiger partial charge on any atom is -0.462 e. The fourth-order valence-electron chi connectivity index (χ4n) is 3.45. The zero-order chi connectivity index (χ0) is 18.5. The van der Waals surface area contributed by atoms with Gasteiger partial charge in [-0.05, 0) is 43.9 Å². The highest BCUT2D eigenvalue weighted by Gasteiger charge is 2.35. The number of hydrogen-bond donors (Lipinski definition) is 0. The first-order chi connectivity index (χ1) is 12.1. The molecule has 0 amide bonds. The Bertz CT molecular complexity index is 477. The van der Waals surface area contributed by atoms with Crippen molar-refractivity contribution in [3.8, 4) is 0 Å². The normalized spacial score (nSPS) is 11.5. The Kier molecular flexibility index (Phi) is 11.1. The van der Waals surface area contributed by atoms with Crippen LogP contribution < -0.4 is 0 Å². The second-order valence-electron chi connectivity index (χ2n) is 7.15. The maximum atomic E-state index is 12.1. The Morgan fingerprint density at radius 1 is 0.920 bits per heavy atom. The summed E-state index contributed by atoms with van der Waals surface area (Å²) in [5.41, 5.74) is 2.04. The Morgan fingerprint density at radius 2 is 1.48 bits per heavy atom. The van der Waals surface area contributed by atoms with Gasteiger partial charge in [-0.15, -0.1) is 0 Å². The van der Waals surface area contributed by atoms with Crippen molar-refractivity contribution in [1.29, 1.82) is 0 Å². The molecule has 0 aliphatic rings. The highest BCUT2D eigenvalue weighted by atomic mass is 31.2. The molecule has 0 radical (unpaired) electrons. The molecule has 0 saturated heterocycles. The highest BCUT2D eigenvalue weighted by Crippen LogP contribution is 2.63. The Labute approximate surface area is 156 Å². The van der Waals surface area contributed by atoms with Gasteiger partial charge in [-0.2, -0.15) is 0 Å². The average molecular weight is 366 g/mol. The number of rotatable bonds is 13. The third-order valence-electron chi connectivity index (χ3n) is 4.91. The van der Waals surface area contributed by atoms with Crippen molar-refractivity contribution in [2.75, 3.05) is 25.1 Å². The Balaban J connectivity index is 3.00. The molecule has 25 heavy (non-hydrogen) atoms. The lowest BCUT2D eigenvalue weighted by molar-refractivity contribution is 0.0526. The van der Waals surface area contributed by atoms with Gasteiger partial charge in [-0.1, -0.05) is 52.2 Å². The molecule has 1 rings (SSSR count). The van der Waals surface area contributed by atoms with Gasteiger partial charge in [0.1, 0.15) is 0 Å². The van der Waals surface area contributed by atoms with E-state index < -0.39 is 7.26 Å². The van der Waals surface area contributed by atoms with E-state index in [9.17, 15) is 4.79 Å². The van der Waals surface area contributed by atoms with Crippen LogP contribution in [-0.4, -0.2) is 31.1 Å². The SMILES string of the molecule is CCCC[P+](CCCC)(CCCC)Cc1cccc(C(=O)OCC)c1. The lowest BCUT2D eigenvalue weighted by Gasteiger charge is -2.28. The zero-order valence-corrected chi connectivity index (χ0v) is 17.7. The van der Waals surface area contributed by atoms with Gasteiger partial charge >= 0.3 is 5.97 Å². The number of ether oxygens (including phenoxy) is 1. The van der Waals surface area contributed by atoms with Gasteiger partial charge in [0.15, 0.2) is 0 Å². The van der Waals surface area contributed by atoms with E-state index in [-0.39, 0.29) is 5.97 Å². The first-order valence-electron chi connectivity index (χ1n) is 10.2. The molecule has 0 heterocycles. The first kappa shape index (κ1) is 22.2. The van der Waals surface area contributed by atoms with Crippen LogP contribution in [0.4, 0.5) is 0 Å².